The molecule has 1 aliphatic heterocycles. The van der Waals surface area contributed by atoms with Crippen LogP contribution in [-0.4, -0.2) is 43.7 Å². The van der Waals surface area contributed by atoms with Gasteiger partial charge < -0.3 is 15.8 Å². The summed E-state index contributed by atoms with van der Waals surface area (Å²) in [5.41, 5.74) is 8.12. The Morgan fingerprint density at radius 1 is 1.40 bits per heavy atom. The van der Waals surface area contributed by atoms with E-state index in [1.165, 1.54) is 0 Å². The maximum Gasteiger partial charge on any atom is 0.253 e. The zero-order chi connectivity index (χ0) is 14.4. The summed E-state index contributed by atoms with van der Waals surface area (Å²) in [7, 11) is 0. The Morgan fingerprint density at radius 2 is 2.15 bits per heavy atom. The Morgan fingerprint density at radius 3 is 2.85 bits per heavy atom. The number of carbonyl (C=O) groups excluding carboxylic acids is 1. The first kappa shape index (κ1) is 14.8. The van der Waals surface area contributed by atoms with Gasteiger partial charge in [0.2, 0.25) is 0 Å². The van der Waals surface area contributed by atoms with Crippen molar-refractivity contribution in [1.82, 2.24) is 10.2 Å². The molecule has 3 N–H and O–H groups in total. The molecule has 0 unspecified atom stereocenters. The van der Waals surface area contributed by atoms with Gasteiger partial charge in [0.1, 0.15) is 0 Å². The van der Waals surface area contributed by atoms with Crippen LogP contribution in [0.2, 0.25) is 0 Å². The summed E-state index contributed by atoms with van der Waals surface area (Å²) < 4.78 is 5.34. The van der Waals surface area contributed by atoms with E-state index in [1.807, 2.05) is 25.1 Å². The van der Waals surface area contributed by atoms with Crippen molar-refractivity contribution in [2.45, 2.75) is 19.9 Å². The second-order valence-corrected chi connectivity index (χ2v) is 5.07. The highest BCUT2D eigenvalue weighted by Gasteiger charge is 2.14. The lowest BCUT2D eigenvalue weighted by Gasteiger charge is -2.26. The van der Waals surface area contributed by atoms with E-state index in [1.54, 1.807) is 0 Å². The zero-order valence-electron chi connectivity index (χ0n) is 12.0. The SMILES string of the molecule is CCCNC(=O)c1cc(CN2CCOCC2)ccc1N. The summed E-state index contributed by atoms with van der Waals surface area (Å²) in [6, 6.07) is 5.70. The highest BCUT2D eigenvalue weighted by molar-refractivity contribution is 5.99. The van der Waals surface area contributed by atoms with Crippen LogP contribution in [-0.2, 0) is 11.3 Å². The standard InChI is InChI=1S/C15H23N3O2/c1-2-5-17-15(19)13-10-12(3-4-14(13)16)11-18-6-8-20-9-7-18/h3-4,10H,2,5-9,11,16H2,1H3,(H,17,19). The van der Waals surface area contributed by atoms with Crippen molar-refractivity contribution in [3.63, 3.8) is 0 Å². The van der Waals surface area contributed by atoms with Crippen LogP contribution in [0.15, 0.2) is 18.2 Å². The quantitative estimate of drug-likeness (QED) is 0.795. The largest absolute Gasteiger partial charge is 0.398 e. The van der Waals surface area contributed by atoms with E-state index in [-0.39, 0.29) is 5.91 Å². The van der Waals surface area contributed by atoms with Crippen molar-refractivity contribution >= 4 is 11.6 Å². The molecular formula is C15H23N3O2. The van der Waals surface area contributed by atoms with Gasteiger partial charge >= 0.3 is 0 Å². The molecule has 5 heteroatoms. The number of hydrogen-bond donors (Lipinski definition) is 2. The Hall–Kier alpha value is -1.59. The molecule has 0 aliphatic carbocycles. The van der Waals surface area contributed by atoms with Crippen molar-refractivity contribution in [2.24, 2.45) is 0 Å². The van der Waals surface area contributed by atoms with Crippen molar-refractivity contribution in [3.05, 3.63) is 29.3 Å². The average Bonchev–Trinajstić information content (AvgIpc) is 2.48. The van der Waals surface area contributed by atoms with Gasteiger partial charge in [-0.1, -0.05) is 13.0 Å². The Bertz CT molecular complexity index is 456. The molecule has 110 valence electrons. The average molecular weight is 277 g/mol. The first-order valence-electron chi connectivity index (χ1n) is 7.17. The second-order valence-electron chi connectivity index (χ2n) is 5.07. The number of rotatable bonds is 5. The molecule has 0 bridgehead atoms. The number of nitrogens with two attached hydrogens (primary N) is 1. The number of hydrogen-bond acceptors (Lipinski definition) is 4. The smallest absolute Gasteiger partial charge is 0.253 e. The van der Waals surface area contributed by atoms with Crippen LogP contribution in [0.25, 0.3) is 0 Å². The van der Waals surface area contributed by atoms with Crippen LogP contribution < -0.4 is 11.1 Å². The van der Waals surface area contributed by atoms with Crippen molar-refractivity contribution in [3.8, 4) is 0 Å². The van der Waals surface area contributed by atoms with Crippen molar-refractivity contribution in [2.75, 3.05) is 38.6 Å². The summed E-state index contributed by atoms with van der Waals surface area (Å²) in [6.45, 7) is 6.95. The predicted molar refractivity (Wildman–Crippen MR) is 79.6 cm³/mol. The molecule has 1 aliphatic rings. The third kappa shape index (κ3) is 3.95. The van der Waals surface area contributed by atoms with E-state index in [0.717, 1.165) is 44.8 Å². The predicted octanol–water partition coefficient (Wildman–Crippen LogP) is 1.24. The monoisotopic (exact) mass is 277 g/mol. The van der Waals surface area contributed by atoms with E-state index in [9.17, 15) is 4.79 Å². The van der Waals surface area contributed by atoms with Gasteiger partial charge in [0.25, 0.3) is 5.91 Å². The maximum absolute atomic E-state index is 12.0. The third-order valence-corrected chi connectivity index (χ3v) is 3.41. The fraction of sp³-hybridized carbons (Fsp3) is 0.533. The molecule has 5 nitrogen and oxygen atoms in total. The Labute approximate surface area is 120 Å². The lowest BCUT2D eigenvalue weighted by Crippen LogP contribution is -2.35. The number of amides is 1. The molecular weight excluding hydrogens is 254 g/mol. The lowest BCUT2D eigenvalue weighted by molar-refractivity contribution is 0.0342. The van der Waals surface area contributed by atoms with Gasteiger partial charge in [-0.2, -0.15) is 0 Å². The summed E-state index contributed by atoms with van der Waals surface area (Å²) in [5.74, 6) is -0.0897. The number of nitrogens with one attached hydrogen (secondary N) is 1. The van der Waals surface area contributed by atoms with Gasteiger partial charge in [-0.3, -0.25) is 9.69 Å². The van der Waals surface area contributed by atoms with Gasteiger partial charge in [0.05, 0.1) is 18.8 Å². The first-order valence-corrected chi connectivity index (χ1v) is 7.17. The number of nitrogen functional groups attached to an aromatic ring is 1. The molecule has 1 fully saturated rings. The van der Waals surface area contributed by atoms with Gasteiger partial charge in [0.15, 0.2) is 0 Å². The molecule has 0 aromatic heterocycles. The van der Waals surface area contributed by atoms with Crippen LogP contribution in [0.1, 0.15) is 29.3 Å². The Balaban J connectivity index is 2.05. The lowest BCUT2D eigenvalue weighted by atomic mass is 10.1. The van der Waals surface area contributed by atoms with E-state index in [0.29, 0.717) is 17.8 Å². The molecule has 1 aromatic rings. The number of carbonyl (C=O) groups is 1. The normalized spacial score (nSPS) is 16.1. The van der Waals surface area contributed by atoms with Gasteiger partial charge in [-0.25, -0.2) is 0 Å². The molecule has 0 spiro atoms. The van der Waals surface area contributed by atoms with Crippen LogP contribution in [0.5, 0.6) is 0 Å². The van der Waals surface area contributed by atoms with Gasteiger partial charge in [-0.15, -0.1) is 0 Å². The van der Waals surface area contributed by atoms with E-state index in [4.69, 9.17) is 10.5 Å². The molecule has 0 saturated carbocycles. The fourth-order valence-electron chi connectivity index (χ4n) is 2.25. The van der Waals surface area contributed by atoms with E-state index >= 15 is 0 Å². The van der Waals surface area contributed by atoms with Crippen LogP contribution in [0.4, 0.5) is 5.69 Å². The van der Waals surface area contributed by atoms with Gasteiger partial charge in [-0.05, 0) is 24.1 Å². The minimum atomic E-state index is -0.0897. The van der Waals surface area contributed by atoms with Gasteiger partial charge in [0, 0.05) is 31.9 Å². The molecule has 1 amide bonds. The zero-order valence-corrected chi connectivity index (χ0v) is 12.0. The molecule has 1 heterocycles. The van der Waals surface area contributed by atoms with E-state index in [2.05, 4.69) is 10.2 Å². The first-order chi connectivity index (χ1) is 9.70. The molecule has 0 atom stereocenters. The maximum atomic E-state index is 12.0. The Kier molecular flexibility index (Phi) is 5.38. The molecule has 0 radical (unpaired) electrons. The number of ether oxygens (including phenoxy) is 1. The number of benzene rings is 1. The van der Waals surface area contributed by atoms with E-state index < -0.39 is 0 Å². The number of morpholine rings is 1. The highest BCUT2D eigenvalue weighted by atomic mass is 16.5. The number of nitrogens with zero attached hydrogens (tertiary/aromatic N) is 1. The summed E-state index contributed by atoms with van der Waals surface area (Å²) in [4.78, 5) is 14.4. The molecule has 2 rings (SSSR count). The van der Waals surface area contributed by atoms with Crippen molar-refractivity contribution in [1.29, 1.82) is 0 Å². The topological polar surface area (TPSA) is 67.6 Å². The summed E-state index contributed by atoms with van der Waals surface area (Å²) in [6.07, 6.45) is 0.916. The van der Waals surface area contributed by atoms with Crippen LogP contribution >= 0.6 is 0 Å². The summed E-state index contributed by atoms with van der Waals surface area (Å²) in [5, 5.41) is 2.87. The molecule has 1 aromatic carbocycles. The van der Waals surface area contributed by atoms with Crippen LogP contribution in [0.3, 0.4) is 0 Å². The highest BCUT2D eigenvalue weighted by Crippen LogP contribution is 2.16. The fourth-order valence-corrected chi connectivity index (χ4v) is 2.25. The van der Waals surface area contributed by atoms with Crippen molar-refractivity contribution < 1.29 is 9.53 Å². The second kappa shape index (κ2) is 7.26. The molecule has 20 heavy (non-hydrogen) atoms. The third-order valence-electron chi connectivity index (χ3n) is 3.41. The molecule has 1 saturated heterocycles. The number of anilines is 1. The minimum absolute atomic E-state index is 0.0897. The minimum Gasteiger partial charge on any atom is -0.398 e. The van der Waals surface area contributed by atoms with Crippen LogP contribution in [0, 0.1) is 0 Å². The summed E-state index contributed by atoms with van der Waals surface area (Å²) >= 11 is 0.